The maximum Gasteiger partial charge on any atom is 0.321 e. The van der Waals surface area contributed by atoms with Gasteiger partial charge in [-0.3, -0.25) is 4.79 Å². The van der Waals surface area contributed by atoms with Crippen LogP contribution in [0.4, 0.5) is 0 Å². The molecule has 0 aromatic rings. The van der Waals surface area contributed by atoms with Crippen molar-refractivity contribution in [2.24, 2.45) is 28.6 Å². The number of aliphatic hydroxyl groups excluding tert-OH is 2. The highest BCUT2D eigenvalue weighted by molar-refractivity contribution is 5.79. The standard InChI is InChI=1S/C20H28O4/c1-13-4-7-16-19(2,10-8-17(22)20(16,3)12-21)15(13)6-5-14-9-11-24-18(14)23/h5-6,9,11,14-17,21-22H,1,4,7-8,10,12H2,2-3H3/b6-5-/t14-,15-,16+,17-,19+,20+/m1/s1. The van der Waals surface area contributed by atoms with E-state index in [1.807, 2.05) is 13.0 Å². The molecule has 0 bridgehead atoms. The fourth-order valence-corrected chi connectivity index (χ4v) is 5.21. The SMILES string of the molecule is C=C1CC[C@@H]2[C@](C)(CO)[C@H](O)CC[C@@]2(C)[C@@H]1/C=C\[C@@H]1C=COC1=O. The molecule has 24 heavy (non-hydrogen) atoms. The summed E-state index contributed by atoms with van der Waals surface area (Å²) < 4.78 is 4.87. The minimum Gasteiger partial charge on any atom is -0.434 e. The van der Waals surface area contributed by atoms with Gasteiger partial charge in [0.2, 0.25) is 0 Å². The number of esters is 1. The van der Waals surface area contributed by atoms with Gasteiger partial charge >= 0.3 is 5.97 Å². The second-order valence-electron chi connectivity index (χ2n) is 8.13. The molecule has 132 valence electrons. The van der Waals surface area contributed by atoms with Crippen LogP contribution in [0.1, 0.15) is 39.5 Å². The number of cyclic esters (lactones) is 1. The number of aliphatic hydroxyl groups is 2. The normalized spacial score (nSPS) is 45.5. The predicted octanol–water partition coefficient (Wildman–Crippen LogP) is 2.97. The molecule has 0 spiro atoms. The molecule has 3 rings (SSSR count). The Balaban J connectivity index is 1.91. The summed E-state index contributed by atoms with van der Waals surface area (Å²) in [5.74, 6) is -0.185. The van der Waals surface area contributed by atoms with Gasteiger partial charge in [0.1, 0.15) is 0 Å². The van der Waals surface area contributed by atoms with E-state index in [0.29, 0.717) is 6.42 Å². The number of hydrogen-bond donors (Lipinski definition) is 2. The van der Waals surface area contributed by atoms with Crippen LogP contribution in [0.25, 0.3) is 0 Å². The molecule has 3 aliphatic rings. The van der Waals surface area contributed by atoms with Crippen molar-refractivity contribution in [1.29, 1.82) is 0 Å². The first kappa shape index (κ1) is 17.4. The van der Waals surface area contributed by atoms with E-state index in [1.54, 1.807) is 6.08 Å². The highest BCUT2D eigenvalue weighted by Crippen LogP contribution is 2.61. The van der Waals surface area contributed by atoms with Gasteiger partial charge in [-0.25, -0.2) is 0 Å². The summed E-state index contributed by atoms with van der Waals surface area (Å²) in [6.07, 6.45) is 10.2. The van der Waals surface area contributed by atoms with Gasteiger partial charge in [-0.1, -0.05) is 38.2 Å². The molecule has 6 atom stereocenters. The van der Waals surface area contributed by atoms with E-state index in [4.69, 9.17) is 4.74 Å². The Hall–Kier alpha value is -1.39. The molecule has 4 heteroatoms. The van der Waals surface area contributed by atoms with E-state index in [0.717, 1.165) is 19.3 Å². The van der Waals surface area contributed by atoms with Crippen LogP contribution in [0.15, 0.2) is 36.6 Å². The van der Waals surface area contributed by atoms with Crippen LogP contribution in [0, 0.1) is 28.6 Å². The molecular weight excluding hydrogens is 304 g/mol. The van der Waals surface area contributed by atoms with E-state index in [-0.39, 0.29) is 35.7 Å². The average Bonchev–Trinajstić information content (AvgIpc) is 2.96. The second-order valence-corrected chi connectivity index (χ2v) is 8.13. The van der Waals surface area contributed by atoms with Gasteiger partial charge in [0.05, 0.1) is 24.9 Å². The van der Waals surface area contributed by atoms with E-state index in [9.17, 15) is 15.0 Å². The molecule has 2 fully saturated rings. The molecule has 0 aromatic carbocycles. The number of hydrogen-bond acceptors (Lipinski definition) is 4. The van der Waals surface area contributed by atoms with Crippen LogP contribution < -0.4 is 0 Å². The molecule has 0 amide bonds. The average molecular weight is 332 g/mol. The summed E-state index contributed by atoms with van der Waals surface area (Å²) in [6.45, 7) is 8.53. The van der Waals surface area contributed by atoms with Crippen molar-refractivity contribution in [2.45, 2.75) is 45.6 Å². The first-order chi connectivity index (χ1) is 11.3. The van der Waals surface area contributed by atoms with Gasteiger partial charge in [-0.05, 0) is 43.1 Å². The third kappa shape index (κ3) is 2.56. The van der Waals surface area contributed by atoms with Gasteiger partial charge < -0.3 is 14.9 Å². The van der Waals surface area contributed by atoms with Crippen molar-refractivity contribution in [1.82, 2.24) is 0 Å². The molecule has 1 heterocycles. The molecule has 0 radical (unpaired) electrons. The summed E-state index contributed by atoms with van der Waals surface area (Å²) in [7, 11) is 0. The number of fused-ring (bicyclic) bond motifs is 1. The number of rotatable bonds is 3. The Morgan fingerprint density at radius 2 is 2.12 bits per heavy atom. The van der Waals surface area contributed by atoms with Gasteiger partial charge in [0.15, 0.2) is 0 Å². The Kier molecular flexibility index (Phi) is 4.47. The van der Waals surface area contributed by atoms with Crippen LogP contribution in [-0.4, -0.2) is 28.9 Å². The van der Waals surface area contributed by atoms with E-state index < -0.39 is 11.5 Å². The van der Waals surface area contributed by atoms with Gasteiger partial charge in [-0.15, -0.1) is 0 Å². The summed E-state index contributed by atoms with van der Waals surface area (Å²) in [5.41, 5.74) is 0.637. The third-order valence-corrected chi connectivity index (χ3v) is 6.81. The summed E-state index contributed by atoms with van der Waals surface area (Å²) in [6, 6.07) is 0. The number of carbonyl (C=O) groups is 1. The van der Waals surface area contributed by atoms with Gasteiger partial charge in [0, 0.05) is 11.3 Å². The topological polar surface area (TPSA) is 66.8 Å². The second kappa shape index (κ2) is 6.16. The predicted molar refractivity (Wildman–Crippen MR) is 91.8 cm³/mol. The fourth-order valence-electron chi connectivity index (χ4n) is 5.21. The van der Waals surface area contributed by atoms with E-state index in [2.05, 4.69) is 19.6 Å². The molecule has 2 N–H and O–H groups in total. The maximum atomic E-state index is 11.7. The number of ether oxygens (including phenoxy) is 1. The Morgan fingerprint density at radius 3 is 2.75 bits per heavy atom. The van der Waals surface area contributed by atoms with Gasteiger partial charge in [0.25, 0.3) is 0 Å². The molecule has 1 aliphatic heterocycles. The van der Waals surface area contributed by atoms with E-state index >= 15 is 0 Å². The van der Waals surface area contributed by atoms with Crippen LogP contribution in [-0.2, 0) is 9.53 Å². The fraction of sp³-hybridized carbons (Fsp3) is 0.650. The quantitative estimate of drug-likeness (QED) is 0.616. The molecule has 0 saturated heterocycles. The van der Waals surface area contributed by atoms with Crippen LogP contribution in [0.2, 0.25) is 0 Å². The van der Waals surface area contributed by atoms with Crippen molar-refractivity contribution in [3.8, 4) is 0 Å². The molecule has 2 aliphatic carbocycles. The lowest BCUT2D eigenvalue weighted by molar-refractivity contribution is -0.146. The number of allylic oxidation sites excluding steroid dienone is 2. The van der Waals surface area contributed by atoms with Crippen molar-refractivity contribution < 1.29 is 19.7 Å². The molecule has 2 saturated carbocycles. The zero-order chi connectivity index (χ0) is 17.5. The smallest absolute Gasteiger partial charge is 0.321 e. The van der Waals surface area contributed by atoms with Gasteiger partial charge in [-0.2, -0.15) is 0 Å². The lowest BCUT2D eigenvalue weighted by atomic mass is 9.46. The van der Waals surface area contributed by atoms with Crippen molar-refractivity contribution in [2.75, 3.05) is 6.61 Å². The monoisotopic (exact) mass is 332 g/mol. The molecular formula is C20H28O4. The Bertz CT molecular complexity index is 592. The van der Waals surface area contributed by atoms with E-state index in [1.165, 1.54) is 11.8 Å². The number of carbonyl (C=O) groups excluding carboxylic acids is 1. The van der Waals surface area contributed by atoms with Crippen molar-refractivity contribution >= 4 is 5.97 Å². The molecule has 0 aromatic heterocycles. The minimum atomic E-state index is -0.480. The lowest BCUT2D eigenvalue weighted by Gasteiger charge is -2.59. The molecule has 4 nitrogen and oxygen atoms in total. The van der Waals surface area contributed by atoms with Crippen molar-refractivity contribution in [3.63, 3.8) is 0 Å². The Labute approximate surface area is 143 Å². The largest absolute Gasteiger partial charge is 0.434 e. The summed E-state index contributed by atoms with van der Waals surface area (Å²) >= 11 is 0. The highest BCUT2D eigenvalue weighted by atomic mass is 16.5. The minimum absolute atomic E-state index is 0.00494. The summed E-state index contributed by atoms with van der Waals surface area (Å²) in [4.78, 5) is 11.7. The maximum absolute atomic E-state index is 11.7. The molecule has 0 unspecified atom stereocenters. The summed E-state index contributed by atoms with van der Waals surface area (Å²) in [5, 5.41) is 20.5. The first-order valence-corrected chi connectivity index (χ1v) is 8.85. The zero-order valence-electron chi connectivity index (χ0n) is 14.6. The van der Waals surface area contributed by atoms with Crippen LogP contribution in [0.5, 0.6) is 0 Å². The lowest BCUT2D eigenvalue weighted by Crippen LogP contribution is -2.57. The third-order valence-electron chi connectivity index (χ3n) is 6.81. The van der Waals surface area contributed by atoms with Crippen LogP contribution >= 0.6 is 0 Å². The van der Waals surface area contributed by atoms with Crippen LogP contribution in [0.3, 0.4) is 0 Å². The Morgan fingerprint density at radius 1 is 1.38 bits per heavy atom. The highest BCUT2D eigenvalue weighted by Gasteiger charge is 2.57. The zero-order valence-corrected chi connectivity index (χ0v) is 14.6. The first-order valence-electron chi connectivity index (χ1n) is 8.85. The van der Waals surface area contributed by atoms with Crippen molar-refractivity contribution in [3.05, 3.63) is 36.6 Å².